The summed E-state index contributed by atoms with van der Waals surface area (Å²) in [5, 5.41) is 0. The molecule has 1 saturated heterocycles. The van der Waals surface area contributed by atoms with Gasteiger partial charge in [0.1, 0.15) is 0 Å². The monoisotopic (exact) mass is 291 g/mol. The average molecular weight is 291 g/mol. The zero-order valence-corrected chi connectivity index (χ0v) is 13.1. The van der Waals surface area contributed by atoms with Gasteiger partial charge in [0, 0.05) is 37.9 Å². The van der Waals surface area contributed by atoms with Gasteiger partial charge in [0.15, 0.2) is 0 Å². The van der Waals surface area contributed by atoms with Gasteiger partial charge in [-0.3, -0.25) is 9.80 Å². The molecule has 0 saturated carbocycles. The lowest BCUT2D eigenvalue weighted by molar-refractivity contribution is 0.0595. The summed E-state index contributed by atoms with van der Waals surface area (Å²) in [5.41, 5.74) is 7.88. The number of anilines is 1. The number of nitrogens with zero attached hydrogens (tertiary/aromatic N) is 2. The lowest BCUT2D eigenvalue weighted by atomic mass is 10.0. The molecule has 0 radical (unpaired) electrons. The molecule has 1 aliphatic rings. The standard InChI is InChI=1S/C16H25N3O2/c1-4-19-9-8-18(10-12(19)2)11-13-6-5-7-14(17)15(13)16(20)21-3/h5-7,12H,4,8-11,17H2,1-3H3. The van der Waals surface area contributed by atoms with Gasteiger partial charge >= 0.3 is 5.97 Å². The summed E-state index contributed by atoms with van der Waals surface area (Å²) < 4.78 is 4.86. The number of nitrogens with two attached hydrogens (primary N) is 1. The van der Waals surface area contributed by atoms with E-state index >= 15 is 0 Å². The maximum absolute atomic E-state index is 11.9. The number of carbonyl (C=O) groups is 1. The van der Waals surface area contributed by atoms with E-state index in [9.17, 15) is 4.79 Å². The molecule has 2 rings (SSSR count). The van der Waals surface area contributed by atoms with Gasteiger partial charge in [-0.05, 0) is 25.1 Å². The van der Waals surface area contributed by atoms with Gasteiger partial charge in [-0.2, -0.15) is 0 Å². The first-order valence-corrected chi connectivity index (χ1v) is 7.48. The van der Waals surface area contributed by atoms with Crippen LogP contribution in [0.2, 0.25) is 0 Å². The van der Waals surface area contributed by atoms with E-state index in [4.69, 9.17) is 10.5 Å². The quantitative estimate of drug-likeness (QED) is 0.674. The highest BCUT2D eigenvalue weighted by Crippen LogP contribution is 2.21. The molecule has 21 heavy (non-hydrogen) atoms. The van der Waals surface area contributed by atoms with Crippen LogP contribution in [0, 0.1) is 0 Å². The molecule has 1 atom stereocenters. The second-order valence-electron chi connectivity index (χ2n) is 5.59. The maximum atomic E-state index is 11.9. The van der Waals surface area contributed by atoms with Gasteiger partial charge in [-0.15, -0.1) is 0 Å². The second kappa shape index (κ2) is 6.91. The number of esters is 1. The molecule has 5 nitrogen and oxygen atoms in total. The van der Waals surface area contributed by atoms with Crippen LogP contribution in [0.3, 0.4) is 0 Å². The highest BCUT2D eigenvalue weighted by Gasteiger charge is 2.24. The number of ether oxygens (including phenoxy) is 1. The van der Waals surface area contributed by atoms with Crippen LogP contribution in [0.25, 0.3) is 0 Å². The number of hydrogen-bond acceptors (Lipinski definition) is 5. The fourth-order valence-corrected chi connectivity index (χ4v) is 3.03. The molecule has 1 fully saturated rings. The van der Waals surface area contributed by atoms with Crippen LogP contribution >= 0.6 is 0 Å². The summed E-state index contributed by atoms with van der Waals surface area (Å²) in [5.74, 6) is -0.358. The summed E-state index contributed by atoms with van der Waals surface area (Å²) in [6, 6.07) is 6.13. The van der Waals surface area contributed by atoms with Crippen molar-refractivity contribution in [3.05, 3.63) is 29.3 Å². The second-order valence-corrected chi connectivity index (χ2v) is 5.59. The van der Waals surface area contributed by atoms with E-state index in [1.807, 2.05) is 12.1 Å². The predicted molar refractivity (Wildman–Crippen MR) is 84.2 cm³/mol. The van der Waals surface area contributed by atoms with Crippen LogP contribution in [-0.2, 0) is 11.3 Å². The van der Waals surface area contributed by atoms with Crippen LogP contribution in [0.1, 0.15) is 29.8 Å². The molecule has 0 spiro atoms. The number of piperazine rings is 1. The lowest BCUT2D eigenvalue weighted by Gasteiger charge is -2.39. The zero-order chi connectivity index (χ0) is 15.4. The Balaban J connectivity index is 2.13. The van der Waals surface area contributed by atoms with Gasteiger partial charge in [-0.25, -0.2) is 4.79 Å². The molecule has 1 aromatic rings. The minimum absolute atomic E-state index is 0.358. The van der Waals surface area contributed by atoms with Gasteiger partial charge < -0.3 is 10.5 Å². The van der Waals surface area contributed by atoms with Crippen molar-refractivity contribution in [2.45, 2.75) is 26.4 Å². The highest BCUT2D eigenvalue weighted by atomic mass is 16.5. The Morgan fingerprint density at radius 3 is 2.81 bits per heavy atom. The van der Waals surface area contributed by atoms with Gasteiger partial charge in [0.05, 0.1) is 12.7 Å². The van der Waals surface area contributed by atoms with E-state index in [0.717, 1.165) is 38.3 Å². The smallest absolute Gasteiger partial charge is 0.340 e. The third kappa shape index (κ3) is 3.54. The van der Waals surface area contributed by atoms with Crippen molar-refractivity contribution < 1.29 is 9.53 Å². The number of hydrogen-bond donors (Lipinski definition) is 1. The van der Waals surface area contributed by atoms with Crippen molar-refractivity contribution >= 4 is 11.7 Å². The third-order valence-electron chi connectivity index (χ3n) is 4.22. The van der Waals surface area contributed by atoms with Gasteiger partial charge in [0.25, 0.3) is 0 Å². The summed E-state index contributed by atoms with van der Waals surface area (Å²) >= 11 is 0. The maximum Gasteiger partial charge on any atom is 0.340 e. The Kier molecular flexibility index (Phi) is 5.20. The number of rotatable bonds is 4. The zero-order valence-electron chi connectivity index (χ0n) is 13.1. The SMILES string of the molecule is CCN1CCN(Cc2cccc(N)c2C(=O)OC)CC1C. The molecule has 1 heterocycles. The molecule has 0 aromatic heterocycles. The summed E-state index contributed by atoms with van der Waals surface area (Å²) in [6.45, 7) is 9.33. The predicted octanol–water partition coefficient (Wildman–Crippen LogP) is 1.58. The van der Waals surface area contributed by atoms with Gasteiger partial charge in [0.2, 0.25) is 0 Å². The van der Waals surface area contributed by atoms with Crippen LogP contribution in [0.4, 0.5) is 5.69 Å². The lowest BCUT2D eigenvalue weighted by Crippen LogP contribution is -2.51. The van der Waals surface area contributed by atoms with Crippen molar-refractivity contribution in [3.8, 4) is 0 Å². The molecule has 1 aromatic carbocycles. The number of methoxy groups -OCH3 is 1. The normalized spacial score (nSPS) is 20.4. The highest BCUT2D eigenvalue weighted by molar-refractivity contribution is 5.96. The van der Waals surface area contributed by atoms with E-state index in [1.54, 1.807) is 6.07 Å². The Morgan fingerprint density at radius 1 is 1.43 bits per heavy atom. The average Bonchev–Trinajstić information content (AvgIpc) is 2.47. The topological polar surface area (TPSA) is 58.8 Å². The number of carbonyl (C=O) groups excluding carboxylic acids is 1. The van der Waals surface area contributed by atoms with E-state index < -0.39 is 0 Å². The molecule has 116 valence electrons. The Bertz CT molecular complexity index is 504. The van der Waals surface area contributed by atoms with Crippen LogP contribution in [0.5, 0.6) is 0 Å². The first-order valence-electron chi connectivity index (χ1n) is 7.48. The minimum atomic E-state index is -0.358. The minimum Gasteiger partial charge on any atom is -0.465 e. The Labute approximate surface area is 126 Å². The van der Waals surface area contributed by atoms with E-state index in [2.05, 4.69) is 23.6 Å². The van der Waals surface area contributed by atoms with E-state index in [1.165, 1.54) is 7.11 Å². The van der Waals surface area contributed by atoms with Gasteiger partial charge in [-0.1, -0.05) is 19.1 Å². The summed E-state index contributed by atoms with van der Waals surface area (Å²) in [4.78, 5) is 16.8. The number of likely N-dealkylation sites (N-methyl/N-ethyl adjacent to an activating group) is 1. The van der Waals surface area contributed by atoms with Crippen molar-refractivity contribution in [2.24, 2.45) is 0 Å². The van der Waals surface area contributed by atoms with Crippen molar-refractivity contribution in [2.75, 3.05) is 39.0 Å². The van der Waals surface area contributed by atoms with Crippen molar-refractivity contribution in [1.82, 2.24) is 9.80 Å². The largest absolute Gasteiger partial charge is 0.465 e. The molecule has 1 aliphatic heterocycles. The molecule has 5 heteroatoms. The molecular formula is C16H25N3O2. The molecular weight excluding hydrogens is 266 g/mol. The first kappa shape index (κ1) is 15.8. The van der Waals surface area contributed by atoms with Crippen LogP contribution in [0.15, 0.2) is 18.2 Å². The molecule has 1 unspecified atom stereocenters. The van der Waals surface area contributed by atoms with Crippen molar-refractivity contribution in [3.63, 3.8) is 0 Å². The van der Waals surface area contributed by atoms with E-state index in [-0.39, 0.29) is 5.97 Å². The number of nitrogen functional groups attached to an aromatic ring is 1. The molecule has 2 N–H and O–H groups in total. The fourth-order valence-electron chi connectivity index (χ4n) is 3.03. The Morgan fingerprint density at radius 2 is 2.19 bits per heavy atom. The summed E-state index contributed by atoms with van der Waals surface area (Å²) in [7, 11) is 1.39. The fraction of sp³-hybridized carbons (Fsp3) is 0.562. The third-order valence-corrected chi connectivity index (χ3v) is 4.22. The Hall–Kier alpha value is -1.59. The first-order chi connectivity index (χ1) is 10.1. The number of benzene rings is 1. The van der Waals surface area contributed by atoms with Crippen molar-refractivity contribution in [1.29, 1.82) is 0 Å². The summed E-state index contributed by atoms with van der Waals surface area (Å²) in [6.07, 6.45) is 0. The molecule has 0 bridgehead atoms. The van der Waals surface area contributed by atoms with Crippen LogP contribution < -0.4 is 5.73 Å². The molecule has 0 aliphatic carbocycles. The van der Waals surface area contributed by atoms with Crippen LogP contribution in [-0.4, -0.2) is 55.1 Å². The van der Waals surface area contributed by atoms with E-state index in [0.29, 0.717) is 17.3 Å². The molecule has 0 amide bonds.